The number of carbonyl (C=O) groups excluding carboxylic acids is 1. The van der Waals surface area contributed by atoms with E-state index in [9.17, 15) is 4.79 Å². The minimum Gasteiger partial charge on any atom is -0.445 e. The fourth-order valence-electron chi connectivity index (χ4n) is 2.79. The van der Waals surface area contributed by atoms with Crippen LogP contribution in [-0.2, 0) is 17.8 Å². The number of H-pyrrole nitrogens is 1. The van der Waals surface area contributed by atoms with Gasteiger partial charge in [0, 0.05) is 22.6 Å². The third-order valence-corrected chi connectivity index (χ3v) is 4.52. The monoisotopic (exact) mass is 376 g/mol. The standard InChI is InChI=1S/C19H18Cl2N2O2/c1-12-15(16-9-14(20)10-17(21)18(16)23-12)7-8-22-19(24)25-11-13-5-3-2-4-6-13/h2-6,9-10,23H,7-8,11H2,1H3,(H,22,24). The average Bonchev–Trinajstić information content (AvgIpc) is 2.90. The maximum Gasteiger partial charge on any atom is 0.407 e. The van der Waals surface area contributed by atoms with Gasteiger partial charge in [0.05, 0.1) is 10.5 Å². The maximum absolute atomic E-state index is 11.8. The second-order valence-electron chi connectivity index (χ2n) is 5.78. The Kier molecular flexibility index (Phi) is 5.51. The molecule has 0 fully saturated rings. The molecule has 0 bridgehead atoms. The van der Waals surface area contributed by atoms with Crippen LogP contribution >= 0.6 is 23.2 Å². The molecule has 0 unspecified atom stereocenters. The zero-order valence-corrected chi connectivity index (χ0v) is 15.2. The van der Waals surface area contributed by atoms with Crippen molar-refractivity contribution in [3.63, 3.8) is 0 Å². The van der Waals surface area contributed by atoms with Gasteiger partial charge in [0.1, 0.15) is 6.61 Å². The summed E-state index contributed by atoms with van der Waals surface area (Å²) in [7, 11) is 0. The van der Waals surface area contributed by atoms with E-state index in [0.29, 0.717) is 23.0 Å². The van der Waals surface area contributed by atoms with E-state index in [4.69, 9.17) is 27.9 Å². The van der Waals surface area contributed by atoms with Gasteiger partial charge < -0.3 is 15.0 Å². The van der Waals surface area contributed by atoms with Crippen LogP contribution in [0.1, 0.15) is 16.8 Å². The number of alkyl carbamates (subject to hydrolysis) is 1. The number of benzene rings is 2. The van der Waals surface area contributed by atoms with Crippen LogP contribution in [0, 0.1) is 6.92 Å². The molecule has 0 radical (unpaired) electrons. The third-order valence-electron chi connectivity index (χ3n) is 4.00. The van der Waals surface area contributed by atoms with Crippen molar-refractivity contribution in [2.24, 2.45) is 0 Å². The molecule has 2 N–H and O–H groups in total. The van der Waals surface area contributed by atoms with Gasteiger partial charge in [-0.25, -0.2) is 4.79 Å². The highest BCUT2D eigenvalue weighted by Crippen LogP contribution is 2.31. The van der Waals surface area contributed by atoms with E-state index in [1.165, 1.54) is 0 Å². The molecule has 130 valence electrons. The van der Waals surface area contributed by atoms with Gasteiger partial charge >= 0.3 is 6.09 Å². The lowest BCUT2D eigenvalue weighted by Gasteiger charge is -2.07. The number of hydrogen-bond acceptors (Lipinski definition) is 2. The van der Waals surface area contributed by atoms with E-state index in [1.807, 2.05) is 43.3 Å². The van der Waals surface area contributed by atoms with E-state index in [1.54, 1.807) is 6.07 Å². The Labute approximate surface area is 156 Å². The van der Waals surface area contributed by atoms with Crippen molar-refractivity contribution < 1.29 is 9.53 Å². The Hall–Kier alpha value is -2.17. The quantitative estimate of drug-likeness (QED) is 0.638. The van der Waals surface area contributed by atoms with Crippen molar-refractivity contribution in [1.29, 1.82) is 0 Å². The van der Waals surface area contributed by atoms with Gasteiger partial charge in [-0.2, -0.15) is 0 Å². The van der Waals surface area contributed by atoms with E-state index in [0.717, 1.165) is 27.7 Å². The molecule has 0 saturated carbocycles. The highest BCUT2D eigenvalue weighted by Gasteiger charge is 2.12. The lowest BCUT2D eigenvalue weighted by molar-refractivity contribution is 0.140. The zero-order valence-electron chi connectivity index (χ0n) is 13.7. The molecular formula is C19H18Cl2N2O2. The summed E-state index contributed by atoms with van der Waals surface area (Å²) < 4.78 is 5.20. The minimum absolute atomic E-state index is 0.254. The fraction of sp³-hybridized carbons (Fsp3) is 0.211. The van der Waals surface area contributed by atoms with Crippen LogP contribution in [-0.4, -0.2) is 17.6 Å². The number of rotatable bonds is 5. The summed E-state index contributed by atoms with van der Waals surface area (Å²) in [6, 6.07) is 13.2. The molecule has 0 aliphatic rings. The van der Waals surface area contributed by atoms with Crippen LogP contribution in [0.5, 0.6) is 0 Å². The zero-order chi connectivity index (χ0) is 17.8. The van der Waals surface area contributed by atoms with Crippen molar-refractivity contribution >= 4 is 40.2 Å². The van der Waals surface area contributed by atoms with Crippen LogP contribution < -0.4 is 5.32 Å². The Morgan fingerprint density at radius 3 is 2.72 bits per heavy atom. The second kappa shape index (κ2) is 7.81. The number of halogens is 2. The Bertz CT molecular complexity index is 891. The molecule has 3 aromatic rings. The second-order valence-corrected chi connectivity index (χ2v) is 6.62. The third kappa shape index (κ3) is 4.27. The summed E-state index contributed by atoms with van der Waals surface area (Å²) in [4.78, 5) is 15.1. The number of aromatic amines is 1. The summed E-state index contributed by atoms with van der Waals surface area (Å²) >= 11 is 12.3. The number of aryl methyl sites for hydroxylation is 1. The van der Waals surface area contributed by atoms with Crippen molar-refractivity contribution in [2.45, 2.75) is 20.0 Å². The molecule has 0 saturated heterocycles. The van der Waals surface area contributed by atoms with Crippen LogP contribution in [0.3, 0.4) is 0 Å². The van der Waals surface area contributed by atoms with E-state index in [-0.39, 0.29) is 6.61 Å². The first-order chi connectivity index (χ1) is 12.0. The predicted octanol–water partition coefficient (Wildman–Crippen LogP) is 5.25. The van der Waals surface area contributed by atoms with Gasteiger partial charge in [-0.05, 0) is 36.6 Å². The summed E-state index contributed by atoms with van der Waals surface area (Å²) in [6.07, 6.45) is 0.223. The van der Waals surface area contributed by atoms with Gasteiger partial charge in [-0.1, -0.05) is 53.5 Å². The lowest BCUT2D eigenvalue weighted by Crippen LogP contribution is -2.26. The molecule has 1 amide bonds. The molecule has 4 nitrogen and oxygen atoms in total. The highest BCUT2D eigenvalue weighted by molar-refractivity contribution is 6.38. The molecule has 25 heavy (non-hydrogen) atoms. The number of hydrogen-bond donors (Lipinski definition) is 2. The normalized spacial score (nSPS) is 10.8. The Balaban J connectivity index is 1.58. The van der Waals surface area contributed by atoms with Gasteiger partial charge in [0.2, 0.25) is 0 Å². The molecular weight excluding hydrogens is 359 g/mol. The number of carbonyl (C=O) groups is 1. The van der Waals surface area contributed by atoms with Crippen LogP contribution in [0.15, 0.2) is 42.5 Å². The first-order valence-corrected chi connectivity index (χ1v) is 8.71. The van der Waals surface area contributed by atoms with Crippen molar-refractivity contribution in [2.75, 3.05) is 6.54 Å². The first-order valence-electron chi connectivity index (χ1n) is 7.95. The molecule has 1 aromatic heterocycles. The smallest absolute Gasteiger partial charge is 0.407 e. The van der Waals surface area contributed by atoms with Crippen molar-refractivity contribution in [1.82, 2.24) is 10.3 Å². The van der Waals surface area contributed by atoms with Gasteiger partial charge in [0.15, 0.2) is 0 Å². The molecule has 0 aliphatic heterocycles. The molecule has 1 heterocycles. The van der Waals surface area contributed by atoms with Crippen LogP contribution in [0.2, 0.25) is 10.0 Å². The van der Waals surface area contributed by atoms with E-state index < -0.39 is 6.09 Å². The predicted molar refractivity (Wildman–Crippen MR) is 101 cm³/mol. The molecule has 3 rings (SSSR count). The number of nitrogens with one attached hydrogen (secondary N) is 2. The Morgan fingerprint density at radius 1 is 1.20 bits per heavy atom. The van der Waals surface area contributed by atoms with Crippen LogP contribution in [0.4, 0.5) is 4.79 Å². The van der Waals surface area contributed by atoms with Gasteiger partial charge in [0.25, 0.3) is 0 Å². The molecule has 2 aromatic carbocycles. The summed E-state index contributed by atoms with van der Waals surface area (Å²) in [5.41, 5.74) is 3.92. The number of aromatic nitrogens is 1. The highest BCUT2D eigenvalue weighted by atomic mass is 35.5. The fourth-order valence-corrected chi connectivity index (χ4v) is 3.33. The minimum atomic E-state index is -0.433. The van der Waals surface area contributed by atoms with E-state index >= 15 is 0 Å². The summed E-state index contributed by atoms with van der Waals surface area (Å²) in [5, 5.41) is 4.93. The largest absolute Gasteiger partial charge is 0.445 e. The SMILES string of the molecule is Cc1[nH]c2c(Cl)cc(Cl)cc2c1CCNC(=O)OCc1ccccc1. The molecule has 6 heteroatoms. The average molecular weight is 377 g/mol. The number of ether oxygens (including phenoxy) is 1. The van der Waals surface area contributed by atoms with Crippen LogP contribution in [0.25, 0.3) is 10.9 Å². The number of amides is 1. The topological polar surface area (TPSA) is 54.1 Å². The Morgan fingerprint density at radius 2 is 1.96 bits per heavy atom. The lowest BCUT2D eigenvalue weighted by atomic mass is 10.1. The molecule has 0 aliphatic carbocycles. The molecule has 0 atom stereocenters. The summed E-state index contributed by atoms with van der Waals surface area (Å²) in [6.45, 7) is 2.70. The summed E-state index contributed by atoms with van der Waals surface area (Å²) in [5.74, 6) is 0. The van der Waals surface area contributed by atoms with Crippen molar-refractivity contribution in [3.05, 3.63) is 69.3 Å². The first kappa shape index (κ1) is 17.6. The number of fused-ring (bicyclic) bond motifs is 1. The maximum atomic E-state index is 11.8. The van der Waals surface area contributed by atoms with Gasteiger partial charge in [-0.3, -0.25) is 0 Å². The van der Waals surface area contributed by atoms with E-state index in [2.05, 4.69) is 10.3 Å². The molecule has 0 spiro atoms. The van der Waals surface area contributed by atoms with Crippen molar-refractivity contribution in [3.8, 4) is 0 Å². The van der Waals surface area contributed by atoms with Gasteiger partial charge in [-0.15, -0.1) is 0 Å².